The third-order valence-electron chi connectivity index (χ3n) is 4.13. The molecule has 0 bridgehead atoms. The Bertz CT molecular complexity index is 961. The number of aryl methyl sites for hydroxylation is 2. The van der Waals surface area contributed by atoms with Crippen molar-refractivity contribution >= 4 is 40.8 Å². The van der Waals surface area contributed by atoms with Gasteiger partial charge in [-0.25, -0.2) is 0 Å². The van der Waals surface area contributed by atoms with Gasteiger partial charge >= 0.3 is 0 Å². The van der Waals surface area contributed by atoms with Gasteiger partial charge in [0.25, 0.3) is 0 Å². The number of thiocarbonyl (C=S) groups is 1. The molecule has 0 amide bonds. The first kappa shape index (κ1) is 19.1. The summed E-state index contributed by atoms with van der Waals surface area (Å²) in [6.45, 7) is 4.84. The highest BCUT2D eigenvalue weighted by molar-refractivity contribution is 7.80. The summed E-state index contributed by atoms with van der Waals surface area (Å²) in [5.74, 6) is 0. The maximum Gasteiger partial charge on any atom is 0.191 e. The van der Waals surface area contributed by atoms with E-state index < -0.39 is 0 Å². The van der Waals surface area contributed by atoms with Crippen LogP contribution in [-0.2, 0) is 6.54 Å². The first-order valence-electron chi connectivity index (χ1n) is 8.58. The van der Waals surface area contributed by atoms with Crippen LogP contribution in [0.15, 0.2) is 65.9 Å². The quantitative estimate of drug-likeness (QED) is 0.357. The third-order valence-corrected chi connectivity index (χ3v) is 4.73. The lowest BCUT2D eigenvalue weighted by Crippen LogP contribution is -2.24. The summed E-state index contributed by atoms with van der Waals surface area (Å²) >= 11 is 11.4. The molecule has 0 saturated carbocycles. The molecule has 0 spiro atoms. The molecule has 0 atom stereocenters. The number of hydrogen-bond donors (Lipinski definition) is 2. The van der Waals surface area contributed by atoms with E-state index in [1.54, 1.807) is 6.21 Å². The number of rotatable bonds is 5. The lowest BCUT2D eigenvalue weighted by Gasteiger charge is -2.09. The molecule has 0 radical (unpaired) electrons. The van der Waals surface area contributed by atoms with Crippen molar-refractivity contribution in [1.82, 2.24) is 9.99 Å². The predicted molar refractivity (Wildman–Crippen MR) is 118 cm³/mol. The van der Waals surface area contributed by atoms with Crippen molar-refractivity contribution in [3.63, 3.8) is 0 Å². The molecule has 4 nitrogen and oxygen atoms in total. The van der Waals surface area contributed by atoms with Crippen molar-refractivity contribution in [3.8, 4) is 0 Å². The topological polar surface area (TPSA) is 41.4 Å². The number of nitrogens with zero attached hydrogens (tertiary/aromatic N) is 2. The van der Waals surface area contributed by atoms with Crippen molar-refractivity contribution in [3.05, 3.63) is 88.2 Å². The van der Waals surface area contributed by atoms with Gasteiger partial charge in [0.2, 0.25) is 0 Å². The number of nitrogens with one attached hydrogen (secondary N) is 2. The number of hydrogen-bond acceptors (Lipinski definition) is 2. The number of aromatic nitrogens is 1. The first-order chi connectivity index (χ1) is 13.0. The van der Waals surface area contributed by atoms with Crippen molar-refractivity contribution in [2.24, 2.45) is 5.10 Å². The summed E-state index contributed by atoms with van der Waals surface area (Å²) in [7, 11) is 0. The van der Waals surface area contributed by atoms with E-state index in [0.29, 0.717) is 10.1 Å². The Morgan fingerprint density at radius 3 is 2.67 bits per heavy atom. The van der Waals surface area contributed by atoms with E-state index >= 15 is 0 Å². The standard InChI is InChI=1S/C21H21ClN4S/c1-15-5-8-17(9-6-15)14-26-11-3-4-19(26)13-23-25-21(27)24-18-10-7-16(2)20(22)12-18/h3-13H,14H2,1-2H3,(H2,24,25,27)/b23-13-. The minimum Gasteiger partial charge on any atom is -0.342 e. The van der Waals surface area contributed by atoms with Crippen LogP contribution in [0, 0.1) is 13.8 Å². The van der Waals surface area contributed by atoms with Gasteiger partial charge in [0, 0.05) is 23.5 Å². The summed E-state index contributed by atoms with van der Waals surface area (Å²) in [6.07, 6.45) is 3.79. The normalized spacial score (nSPS) is 10.9. The average molecular weight is 397 g/mol. The summed E-state index contributed by atoms with van der Waals surface area (Å²) in [6, 6.07) is 18.2. The molecule has 27 heavy (non-hydrogen) atoms. The van der Waals surface area contributed by atoms with Gasteiger partial charge in [-0.3, -0.25) is 5.43 Å². The number of hydrazone groups is 1. The van der Waals surface area contributed by atoms with Gasteiger partial charge in [-0.2, -0.15) is 5.10 Å². The summed E-state index contributed by atoms with van der Waals surface area (Å²) in [5.41, 5.74) is 8.17. The molecule has 0 aliphatic heterocycles. The zero-order valence-electron chi connectivity index (χ0n) is 15.2. The van der Waals surface area contributed by atoms with Crippen LogP contribution in [0.3, 0.4) is 0 Å². The molecule has 0 saturated heterocycles. The minimum absolute atomic E-state index is 0.405. The Kier molecular flexibility index (Phi) is 6.27. The molecular weight excluding hydrogens is 376 g/mol. The zero-order chi connectivity index (χ0) is 19.2. The Morgan fingerprint density at radius 1 is 1.15 bits per heavy atom. The Morgan fingerprint density at radius 2 is 1.93 bits per heavy atom. The van der Waals surface area contributed by atoms with Gasteiger partial charge < -0.3 is 9.88 Å². The van der Waals surface area contributed by atoms with Crippen LogP contribution < -0.4 is 10.7 Å². The van der Waals surface area contributed by atoms with Gasteiger partial charge in [0.05, 0.1) is 11.9 Å². The minimum atomic E-state index is 0.405. The predicted octanol–water partition coefficient (Wildman–Crippen LogP) is 5.13. The molecular formula is C21H21ClN4S. The molecule has 2 N–H and O–H groups in total. The fourth-order valence-electron chi connectivity index (χ4n) is 2.57. The lowest BCUT2D eigenvalue weighted by atomic mass is 10.1. The third kappa shape index (κ3) is 5.42. The monoisotopic (exact) mass is 396 g/mol. The molecule has 3 aromatic rings. The van der Waals surface area contributed by atoms with Crippen LogP contribution in [0.2, 0.25) is 5.02 Å². The molecule has 1 aromatic heterocycles. The van der Waals surface area contributed by atoms with Crippen LogP contribution in [0.4, 0.5) is 5.69 Å². The number of anilines is 1. The molecule has 0 aliphatic rings. The van der Waals surface area contributed by atoms with E-state index in [9.17, 15) is 0 Å². The van der Waals surface area contributed by atoms with Crippen molar-refractivity contribution in [2.75, 3.05) is 5.32 Å². The van der Waals surface area contributed by atoms with E-state index in [0.717, 1.165) is 23.5 Å². The van der Waals surface area contributed by atoms with Crippen LogP contribution >= 0.6 is 23.8 Å². The Balaban J connectivity index is 1.58. The highest BCUT2D eigenvalue weighted by Crippen LogP contribution is 2.19. The van der Waals surface area contributed by atoms with E-state index in [-0.39, 0.29) is 0 Å². The summed E-state index contributed by atoms with van der Waals surface area (Å²) in [4.78, 5) is 0. The Labute approximate surface area is 169 Å². The molecule has 6 heteroatoms. The number of benzene rings is 2. The fraction of sp³-hybridized carbons (Fsp3) is 0.143. The van der Waals surface area contributed by atoms with Gasteiger partial charge in [-0.05, 0) is 61.5 Å². The molecule has 2 aromatic carbocycles. The van der Waals surface area contributed by atoms with E-state index in [4.69, 9.17) is 23.8 Å². The SMILES string of the molecule is Cc1ccc(Cn2cccc2/C=N\NC(=S)Nc2ccc(C)c(Cl)c2)cc1. The number of halogens is 1. The first-order valence-corrected chi connectivity index (χ1v) is 9.37. The van der Waals surface area contributed by atoms with Crippen LogP contribution in [0.25, 0.3) is 0 Å². The molecule has 0 fully saturated rings. The zero-order valence-corrected chi connectivity index (χ0v) is 16.8. The molecule has 0 unspecified atom stereocenters. The van der Waals surface area contributed by atoms with Crippen LogP contribution in [0.5, 0.6) is 0 Å². The smallest absolute Gasteiger partial charge is 0.191 e. The van der Waals surface area contributed by atoms with E-state index in [1.165, 1.54) is 11.1 Å². The highest BCUT2D eigenvalue weighted by Gasteiger charge is 2.02. The van der Waals surface area contributed by atoms with Gasteiger partial charge in [-0.15, -0.1) is 0 Å². The van der Waals surface area contributed by atoms with Crippen molar-refractivity contribution in [1.29, 1.82) is 0 Å². The highest BCUT2D eigenvalue weighted by atomic mass is 35.5. The van der Waals surface area contributed by atoms with Crippen LogP contribution in [-0.4, -0.2) is 15.9 Å². The lowest BCUT2D eigenvalue weighted by molar-refractivity contribution is 0.798. The summed E-state index contributed by atoms with van der Waals surface area (Å²) in [5, 5.41) is 8.40. The maximum absolute atomic E-state index is 6.13. The maximum atomic E-state index is 6.13. The van der Waals surface area contributed by atoms with Crippen LogP contribution in [0.1, 0.15) is 22.4 Å². The fourth-order valence-corrected chi connectivity index (χ4v) is 2.92. The average Bonchev–Trinajstić information content (AvgIpc) is 3.07. The largest absolute Gasteiger partial charge is 0.342 e. The second kappa shape index (κ2) is 8.84. The van der Waals surface area contributed by atoms with Crippen molar-refractivity contribution in [2.45, 2.75) is 20.4 Å². The summed E-state index contributed by atoms with van der Waals surface area (Å²) < 4.78 is 2.13. The second-order valence-corrected chi connectivity index (χ2v) is 7.15. The van der Waals surface area contributed by atoms with Crippen molar-refractivity contribution < 1.29 is 0 Å². The molecule has 0 aliphatic carbocycles. The van der Waals surface area contributed by atoms with Gasteiger partial charge in [0.15, 0.2) is 5.11 Å². The molecule has 1 heterocycles. The van der Waals surface area contributed by atoms with E-state index in [1.807, 2.05) is 43.5 Å². The van der Waals surface area contributed by atoms with Gasteiger partial charge in [-0.1, -0.05) is 47.5 Å². The second-order valence-electron chi connectivity index (χ2n) is 6.33. The van der Waals surface area contributed by atoms with E-state index in [2.05, 4.69) is 51.6 Å². The van der Waals surface area contributed by atoms with Gasteiger partial charge in [0.1, 0.15) is 0 Å². The molecule has 3 rings (SSSR count). The Hall–Kier alpha value is -2.63. The molecule has 138 valence electrons.